The average molecular weight is 360 g/mol. The molecule has 138 valence electrons. The van der Waals surface area contributed by atoms with Crippen molar-refractivity contribution in [1.29, 1.82) is 0 Å². The van der Waals surface area contributed by atoms with Crippen LogP contribution in [0.25, 0.3) is 16.9 Å². The van der Waals surface area contributed by atoms with E-state index in [9.17, 15) is 4.79 Å². The molecule has 2 heterocycles. The van der Waals surface area contributed by atoms with Crippen molar-refractivity contribution in [2.75, 3.05) is 26.2 Å². The lowest BCUT2D eigenvalue weighted by molar-refractivity contribution is -0.130. The lowest BCUT2D eigenvalue weighted by Gasteiger charge is -2.34. The van der Waals surface area contributed by atoms with Crippen molar-refractivity contribution >= 4 is 5.91 Å². The van der Waals surface area contributed by atoms with Crippen LogP contribution in [0.3, 0.4) is 0 Å². The first-order chi connectivity index (χ1) is 13.2. The zero-order valence-corrected chi connectivity index (χ0v) is 15.6. The zero-order valence-electron chi connectivity index (χ0n) is 15.6. The average Bonchev–Trinajstić information content (AvgIpc) is 3.13. The summed E-state index contributed by atoms with van der Waals surface area (Å²) in [5.41, 5.74) is 4.42. The Morgan fingerprint density at radius 1 is 0.926 bits per heavy atom. The molecule has 0 aliphatic carbocycles. The van der Waals surface area contributed by atoms with Gasteiger partial charge in [0, 0.05) is 57.0 Å². The molecule has 0 spiro atoms. The van der Waals surface area contributed by atoms with E-state index in [0.29, 0.717) is 0 Å². The van der Waals surface area contributed by atoms with Gasteiger partial charge in [-0.3, -0.25) is 9.69 Å². The summed E-state index contributed by atoms with van der Waals surface area (Å²) in [4.78, 5) is 15.9. The standard InChI is InChI=1S/C22H24N4O/c1-18(27)25-14-12-24(13-15-25)16-20-17-26(21-10-6-3-7-11-21)23-22(20)19-8-4-2-5-9-19/h2-11,17H,12-16H2,1H3. The number of hydrogen-bond acceptors (Lipinski definition) is 3. The van der Waals surface area contributed by atoms with Crippen molar-refractivity contribution in [3.63, 3.8) is 0 Å². The Morgan fingerprint density at radius 3 is 2.19 bits per heavy atom. The Labute approximate surface area is 159 Å². The molecule has 5 heteroatoms. The third-order valence-electron chi connectivity index (χ3n) is 5.07. The maximum Gasteiger partial charge on any atom is 0.219 e. The Morgan fingerprint density at radius 2 is 1.56 bits per heavy atom. The first-order valence-electron chi connectivity index (χ1n) is 9.38. The minimum absolute atomic E-state index is 0.163. The highest BCUT2D eigenvalue weighted by molar-refractivity contribution is 5.73. The zero-order chi connectivity index (χ0) is 18.6. The number of benzene rings is 2. The van der Waals surface area contributed by atoms with Gasteiger partial charge in [-0.15, -0.1) is 0 Å². The van der Waals surface area contributed by atoms with Crippen LogP contribution in [0.4, 0.5) is 0 Å². The van der Waals surface area contributed by atoms with Crippen LogP contribution >= 0.6 is 0 Å². The summed E-state index contributed by atoms with van der Waals surface area (Å²) in [5.74, 6) is 0.163. The highest BCUT2D eigenvalue weighted by atomic mass is 16.2. The molecule has 4 rings (SSSR count). The van der Waals surface area contributed by atoms with Crippen molar-refractivity contribution < 1.29 is 4.79 Å². The predicted octanol–water partition coefficient (Wildman–Crippen LogP) is 3.20. The van der Waals surface area contributed by atoms with Gasteiger partial charge >= 0.3 is 0 Å². The first-order valence-corrected chi connectivity index (χ1v) is 9.38. The lowest BCUT2D eigenvalue weighted by Crippen LogP contribution is -2.47. The quantitative estimate of drug-likeness (QED) is 0.717. The van der Waals surface area contributed by atoms with Crippen LogP contribution < -0.4 is 0 Å². The molecule has 1 aliphatic heterocycles. The van der Waals surface area contributed by atoms with Crippen molar-refractivity contribution in [1.82, 2.24) is 19.6 Å². The van der Waals surface area contributed by atoms with E-state index < -0.39 is 0 Å². The largest absolute Gasteiger partial charge is 0.340 e. The number of piperazine rings is 1. The fourth-order valence-electron chi connectivity index (χ4n) is 3.54. The summed E-state index contributed by atoms with van der Waals surface area (Å²) >= 11 is 0. The predicted molar refractivity (Wildman–Crippen MR) is 107 cm³/mol. The Bertz CT molecular complexity index is 897. The van der Waals surface area contributed by atoms with Crippen molar-refractivity contribution in [3.8, 4) is 16.9 Å². The molecule has 2 aromatic carbocycles. The van der Waals surface area contributed by atoms with Gasteiger partial charge in [0.1, 0.15) is 0 Å². The first kappa shape index (κ1) is 17.5. The summed E-state index contributed by atoms with van der Waals surface area (Å²) in [7, 11) is 0. The summed E-state index contributed by atoms with van der Waals surface area (Å²) in [6.45, 7) is 5.86. The Hall–Kier alpha value is -2.92. The number of amides is 1. The van der Waals surface area contributed by atoms with E-state index in [1.54, 1.807) is 6.92 Å². The SMILES string of the molecule is CC(=O)N1CCN(Cc2cn(-c3ccccc3)nc2-c2ccccc2)CC1. The molecule has 27 heavy (non-hydrogen) atoms. The molecular weight excluding hydrogens is 336 g/mol. The van der Waals surface area contributed by atoms with Crippen LogP contribution in [0.1, 0.15) is 12.5 Å². The van der Waals surface area contributed by atoms with E-state index in [1.807, 2.05) is 46.0 Å². The van der Waals surface area contributed by atoms with Crippen molar-refractivity contribution in [3.05, 3.63) is 72.4 Å². The molecule has 0 saturated carbocycles. The van der Waals surface area contributed by atoms with Gasteiger partial charge in [-0.2, -0.15) is 5.10 Å². The molecule has 1 aromatic heterocycles. The molecule has 0 atom stereocenters. The van der Waals surface area contributed by atoms with Crippen LogP contribution in [-0.2, 0) is 11.3 Å². The van der Waals surface area contributed by atoms with Gasteiger partial charge in [0.05, 0.1) is 11.4 Å². The molecule has 0 N–H and O–H groups in total. The molecule has 0 radical (unpaired) electrons. The molecule has 1 saturated heterocycles. The van der Waals surface area contributed by atoms with Gasteiger partial charge in [0.15, 0.2) is 0 Å². The molecule has 5 nitrogen and oxygen atoms in total. The number of hydrogen-bond donors (Lipinski definition) is 0. The summed E-state index contributed by atoms with van der Waals surface area (Å²) < 4.78 is 1.96. The number of nitrogens with zero attached hydrogens (tertiary/aromatic N) is 4. The van der Waals surface area contributed by atoms with Gasteiger partial charge in [0.2, 0.25) is 5.91 Å². The van der Waals surface area contributed by atoms with Gasteiger partial charge in [-0.25, -0.2) is 4.68 Å². The normalized spacial score (nSPS) is 15.1. The minimum atomic E-state index is 0.163. The van der Waals surface area contributed by atoms with Crippen LogP contribution in [-0.4, -0.2) is 51.7 Å². The number of aromatic nitrogens is 2. The second-order valence-corrected chi connectivity index (χ2v) is 6.93. The summed E-state index contributed by atoms with van der Waals surface area (Å²) in [6.07, 6.45) is 2.13. The van der Waals surface area contributed by atoms with Gasteiger partial charge < -0.3 is 4.90 Å². The van der Waals surface area contributed by atoms with E-state index in [-0.39, 0.29) is 5.91 Å². The smallest absolute Gasteiger partial charge is 0.219 e. The van der Waals surface area contributed by atoms with Crippen molar-refractivity contribution in [2.24, 2.45) is 0 Å². The molecule has 1 amide bonds. The van der Waals surface area contributed by atoms with Crippen LogP contribution in [0.15, 0.2) is 66.9 Å². The number of carbonyl (C=O) groups excluding carboxylic acids is 1. The minimum Gasteiger partial charge on any atom is -0.340 e. The Balaban J connectivity index is 1.61. The maximum absolute atomic E-state index is 11.6. The maximum atomic E-state index is 11.6. The van der Waals surface area contributed by atoms with Gasteiger partial charge in [0.25, 0.3) is 0 Å². The highest BCUT2D eigenvalue weighted by Crippen LogP contribution is 2.25. The molecule has 0 unspecified atom stereocenters. The molecule has 3 aromatic rings. The topological polar surface area (TPSA) is 41.4 Å². The summed E-state index contributed by atoms with van der Waals surface area (Å²) in [6, 6.07) is 20.5. The Kier molecular flexibility index (Phi) is 5.03. The second kappa shape index (κ2) is 7.76. The van der Waals surface area contributed by atoms with Crippen LogP contribution in [0.5, 0.6) is 0 Å². The van der Waals surface area contributed by atoms with Crippen LogP contribution in [0, 0.1) is 0 Å². The molecule has 1 fully saturated rings. The molecular formula is C22H24N4O. The number of rotatable bonds is 4. The monoisotopic (exact) mass is 360 g/mol. The van der Waals surface area contributed by atoms with E-state index in [2.05, 4.69) is 35.4 Å². The van der Waals surface area contributed by atoms with E-state index in [4.69, 9.17) is 5.10 Å². The number of carbonyl (C=O) groups is 1. The van der Waals surface area contributed by atoms with Crippen molar-refractivity contribution in [2.45, 2.75) is 13.5 Å². The van der Waals surface area contributed by atoms with Gasteiger partial charge in [-0.1, -0.05) is 48.5 Å². The van der Waals surface area contributed by atoms with Crippen LogP contribution in [0.2, 0.25) is 0 Å². The third-order valence-corrected chi connectivity index (χ3v) is 5.07. The molecule has 0 bridgehead atoms. The molecule has 1 aliphatic rings. The van der Waals surface area contributed by atoms with Gasteiger partial charge in [-0.05, 0) is 12.1 Å². The van der Waals surface area contributed by atoms with E-state index >= 15 is 0 Å². The highest BCUT2D eigenvalue weighted by Gasteiger charge is 2.21. The lowest BCUT2D eigenvalue weighted by atomic mass is 10.1. The third kappa shape index (κ3) is 3.93. The summed E-state index contributed by atoms with van der Waals surface area (Å²) in [5, 5.41) is 4.88. The fraction of sp³-hybridized carbons (Fsp3) is 0.273. The van der Waals surface area contributed by atoms with E-state index in [0.717, 1.165) is 49.7 Å². The van der Waals surface area contributed by atoms with E-state index in [1.165, 1.54) is 5.56 Å². The number of para-hydroxylation sites is 1. The fourth-order valence-corrected chi connectivity index (χ4v) is 3.54. The second-order valence-electron chi connectivity index (χ2n) is 6.93.